The van der Waals surface area contributed by atoms with Gasteiger partial charge < -0.3 is 15.4 Å². The first kappa shape index (κ1) is 15.3. The molecule has 0 aliphatic heterocycles. The Bertz CT molecular complexity index is 435. The number of hydrogen-bond acceptors (Lipinski definition) is 5. The number of ether oxygens (including phenoxy) is 1. The van der Waals surface area contributed by atoms with Gasteiger partial charge in [0.05, 0.1) is 30.5 Å². The van der Waals surface area contributed by atoms with E-state index in [0.29, 0.717) is 31.8 Å². The van der Waals surface area contributed by atoms with Crippen LogP contribution in [0.25, 0.3) is 0 Å². The smallest absolute Gasteiger partial charge is 0.150 e. The van der Waals surface area contributed by atoms with Crippen molar-refractivity contribution < 1.29 is 4.74 Å². The van der Waals surface area contributed by atoms with E-state index in [9.17, 15) is 0 Å². The first-order chi connectivity index (χ1) is 9.15. The monoisotopic (exact) mass is 265 g/mol. The normalized spacial score (nSPS) is 10.4. The minimum absolute atomic E-state index is 0.458. The van der Waals surface area contributed by atoms with Crippen LogP contribution in [0, 0.1) is 18.3 Å². The minimum Gasteiger partial charge on any atom is -0.394 e. The summed E-state index contributed by atoms with van der Waals surface area (Å²) >= 11 is 0. The molecule has 1 heterocycles. The fourth-order valence-electron chi connectivity index (χ4n) is 1.99. The van der Waals surface area contributed by atoms with Crippen LogP contribution in [0.1, 0.15) is 25.5 Å². The summed E-state index contributed by atoms with van der Waals surface area (Å²) in [5.74, 6) is 0.909. The number of anilines is 2. The Morgan fingerprint density at radius 2 is 2.21 bits per heavy atom. The summed E-state index contributed by atoms with van der Waals surface area (Å²) in [5, 5.41) is 13.2. The molecule has 0 aliphatic carbocycles. The molecule has 0 spiro atoms. The highest BCUT2D eigenvalue weighted by atomic mass is 16.5. The Balaban J connectivity index is 3.01. The fourth-order valence-corrected chi connectivity index (χ4v) is 1.99. The highest BCUT2D eigenvalue weighted by Crippen LogP contribution is 2.26. The van der Waals surface area contributed by atoms with Crippen molar-refractivity contribution in [1.29, 1.82) is 5.26 Å². The van der Waals surface area contributed by atoms with Crippen molar-refractivity contribution in [3.8, 4) is 6.07 Å². The van der Waals surface area contributed by atoms with Crippen LogP contribution in [-0.2, 0) is 11.3 Å². The number of nitrogens with zero attached hydrogens (tertiary/aromatic N) is 4. The van der Waals surface area contributed by atoms with Gasteiger partial charge in [-0.05, 0) is 13.3 Å². The molecule has 0 aliphatic rings. The van der Waals surface area contributed by atoms with Gasteiger partial charge in [-0.15, -0.1) is 0 Å². The molecule has 0 aromatic carbocycles. The number of rotatable bonds is 8. The molecule has 1 rings (SSSR count). The molecular formula is C13H23N5O. The minimum atomic E-state index is 0.458. The molecule has 6 heteroatoms. The summed E-state index contributed by atoms with van der Waals surface area (Å²) in [6.07, 6.45) is 1.45. The van der Waals surface area contributed by atoms with E-state index in [1.54, 1.807) is 7.11 Å². The van der Waals surface area contributed by atoms with E-state index in [0.717, 1.165) is 24.5 Å². The summed E-state index contributed by atoms with van der Waals surface area (Å²) in [6.45, 7) is 6.77. The van der Waals surface area contributed by atoms with E-state index in [2.05, 4.69) is 23.0 Å². The average molecular weight is 265 g/mol. The predicted octanol–water partition coefficient (Wildman–Crippen LogP) is 1.55. The van der Waals surface area contributed by atoms with Gasteiger partial charge in [0.1, 0.15) is 0 Å². The second kappa shape index (κ2) is 7.64. The van der Waals surface area contributed by atoms with Crippen LogP contribution in [0.15, 0.2) is 0 Å². The zero-order chi connectivity index (χ0) is 14.3. The first-order valence-corrected chi connectivity index (χ1v) is 6.59. The van der Waals surface area contributed by atoms with Gasteiger partial charge >= 0.3 is 0 Å². The molecule has 0 fully saturated rings. The second-order valence-electron chi connectivity index (χ2n) is 4.43. The quantitative estimate of drug-likeness (QED) is 0.771. The molecule has 0 amide bonds. The molecule has 0 unspecified atom stereocenters. The van der Waals surface area contributed by atoms with Crippen molar-refractivity contribution in [3.05, 3.63) is 5.69 Å². The number of nitriles is 1. The lowest BCUT2D eigenvalue weighted by Crippen LogP contribution is -2.31. The third-order valence-electron chi connectivity index (χ3n) is 2.94. The van der Waals surface area contributed by atoms with Gasteiger partial charge in [-0.25, -0.2) is 4.68 Å². The van der Waals surface area contributed by atoms with Crippen molar-refractivity contribution >= 4 is 11.5 Å². The van der Waals surface area contributed by atoms with Crippen LogP contribution in [0.3, 0.4) is 0 Å². The fraction of sp³-hybridized carbons (Fsp3) is 0.692. The largest absolute Gasteiger partial charge is 0.394 e. The number of nitrogens with two attached hydrogens (primary N) is 1. The Kier molecular flexibility index (Phi) is 6.16. The van der Waals surface area contributed by atoms with Gasteiger partial charge in [0.25, 0.3) is 0 Å². The third-order valence-corrected chi connectivity index (χ3v) is 2.94. The van der Waals surface area contributed by atoms with E-state index in [1.165, 1.54) is 0 Å². The Labute approximate surface area is 114 Å². The molecule has 1 aromatic rings. The second-order valence-corrected chi connectivity index (χ2v) is 4.43. The summed E-state index contributed by atoms with van der Waals surface area (Å²) in [4.78, 5) is 2.08. The lowest BCUT2D eigenvalue weighted by molar-refractivity contribution is 0.205. The summed E-state index contributed by atoms with van der Waals surface area (Å²) in [6, 6.07) is 2.17. The van der Waals surface area contributed by atoms with E-state index in [4.69, 9.17) is 15.7 Å². The maximum atomic E-state index is 8.77. The van der Waals surface area contributed by atoms with Crippen molar-refractivity contribution in [2.45, 2.75) is 33.2 Å². The first-order valence-electron chi connectivity index (χ1n) is 6.59. The topological polar surface area (TPSA) is 80.1 Å². The van der Waals surface area contributed by atoms with Crippen LogP contribution >= 0.6 is 0 Å². The van der Waals surface area contributed by atoms with E-state index in [-0.39, 0.29) is 0 Å². The van der Waals surface area contributed by atoms with Crippen molar-refractivity contribution in [3.63, 3.8) is 0 Å². The number of methoxy groups -OCH3 is 1. The Hall–Kier alpha value is -1.74. The van der Waals surface area contributed by atoms with Gasteiger partial charge in [-0.3, -0.25) is 0 Å². The maximum Gasteiger partial charge on any atom is 0.150 e. The summed E-state index contributed by atoms with van der Waals surface area (Å²) in [7, 11) is 1.67. The van der Waals surface area contributed by atoms with Gasteiger partial charge in [0, 0.05) is 26.7 Å². The van der Waals surface area contributed by atoms with Crippen LogP contribution in [-0.4, -0.2) is 36.6 Å². The summed E-state index contributed by atoms with van der Waals surface area (Å²) < 4.78 is 7.05. The molecule has 0 radical (unpaired) electrons. The van der Waals surface area contributed by atoms with E-state index < -0.39 is 0 Å². The van der Waals surface area contributed by atoms with Gasteiger partial charge in [-0.1, -0.05) is 6.92 Å². The lowest BCUT2D eigenvalue weighted by Gasteiger charge is -2.24. The number of aromatic nitrogens is 2. The number of nitrogen functional groups attached to an aromatic ring is 1. The third kappa shape index (κ3) is 3.86. The van der Waals surface area contributed by atoms with Crippen LogP contribution in [0.2, 0.25) is 0 Å². The Morgan fingerprint density at radius 3 is 2.79 bits per heavy atom. The van der Waals surface area contributed by atoms with Gasteiger partial charge in [0.2, 0.25) is 0 Å². The molecule has 0 bridgehead atoms. The van der Waals surface area contributed by atoms with Crippen LogP contribution < -0.4 is 10.6 Å². The standard InChI is InChI=1S/C13H23N5O/c1-4-7-18-13(12(15)11(2)16-18)17(8-5-6-14)9-10-19-3/h4-5,7-10,15H2,1-3H3. The van der Waals surface area contributed by atoms with Crippen LogP contribution in [0.5, 0.6) is 0 Å². The highest BCUT2D eigenvalue weighted by Gasteiger charge is 2.18. The lowest BCUT2D eigenvalue weighted by atomic mass is 10.3. The molecule has 0 atom stereocenters. The van der Waals surface area contributed by atoms with Gasteiger partial charge in [0.15, 0.2) is 5.82 Å². The molecular weight excluding hydrogens is 242 g/mol. The molecule has 0 saturated heterocycles. The van der Waals surface area contributed by atoms with Gasteiger partial charge in [-0.2, -0.15) is 10.4 Å². The predicted molar refractivity (Wildman–Crippen MR) is 76.0 cm³/mol. The molecule has 2 N–H and O–H groups in total. The molecule has 1 aromatic heterocycles. The van der Waals surface area contributed by atoms with E-state index in [1.807, 2.05) is 11.6 Å². The summed E-state index contributed by atoms with van der Waals surface area (Å²) in [5.41, 5.74) is 7.66. The zero-order valence-corrected chi connectivity index (χ0v) is 12.0. The van der Waals surface area contributed by atoms with Crippen molar-refractivity contribution in [2.24, 2.45) is 0 Å². The molecule has 19 heavy (non-hydrogen) atoms. The number of aryl methyl sites for hydroxylation is 2. The van der Waals surface area contributed by atoms with Crippen LogP contribution in [0.4, 0.5) is 11.5 Å². The van der Waals surface area contributed by atoms with Crippen molar-refractivity contribution in [2.75, 3.05) is 37.4 Å². The Morgan fingerprint density at radius 1 is 1.47 bits per heavy atom. The highest BCUT2D eigenvalue weighted by molar-refractivity contribution is 5.66. The molecule has 0 saturated carbocycles. The molecule has 106 valence electrons. The van der Waals surface area contributed by atoms with E-state index >= 15 is 0 Å². The number of hydrogen-bond donors (Lipinski definition) is 1. The SMILES string of the molecule is CCCn1nc(C)c(N)c1N(CCC#N)CCOC. The zero-order valence-electron chi connectivity index (χ0n) is 12.0. The van der Waals surface area contributed by atoms with Crippen molar-refractivity contribution in [1.82, 2.24) is 9.78 Å². The molecule has 6 nitrogen and oxygen atoms in total. The maximum absolute atomic E-state index is 8.77. The average Bonchev–Trinajstić information content (AvgIpc) is 2.67.